The third-order valence-electron chi connectivity index (χ3n) is 0. The molecule has 0 saturated heterocycles. The van der Waals surface area contributed by atoms with Crippen LogP contribution in [0.3, 0.4) is 0 Å². The van der Waals surface area contributed by atoms with Gasteiger partial charge in [-0.25, -0.2) is 0 Å². The molecule has 0 bridgehead atoms. The normalized spacial score (nSPS) is 0. The van der Waals surface area contributed by atoms with E-state index in [1.807, 2.05) is 0 Å². The molecular weight excluding hydrogens is 532 g/mol. The topological polar surface area (TPSA) is 142 Å². The van der Waals surface area contributed by atoms with Crippen LogP contribution in [0.5, 0.6) is 0 Å². The SMILES string of the molecule is [O-2].[O-2].[O-2].[O-2].[O-2].[Sc].[Sc].[Ta+5].[Ta+5]. The molecule has 0 aromatic carbocycles. The Morgan fingerprint density at radius 3 is 0.333 bits per heavy atom. The molecule has 0 aliphatic heterocycles. The molecule has 0 saturated carbocycles. The molecule has 46 valence electrons. The van der Waals surface area contributed by atoms with Crippen LogP contribution in [0.2, 0.25) is 0 Å². The van der Waals surface area contributed by atoms with Crippen LogP contribution in [-0.2, 0) is 124 Å². The molecule has 0 aromatic rings. The number of hydrogen-bond acceptors (Lipinski definition) is 0. The molecule has 9 heteroatoms. The summed E-state index contributed by atoms with van der Waals surface area (Å²) >= 11 is 0. The summed E-state index contributed by atoms with van der Waals surface area (Å²) in [6.45, 7) is 0. The van der Waals surface area contributed by atoms with Crippen molar-refractivity contribution < 1.29 is 124 Å². The molecule has 0 aliphatic carbocycles. The third kappa shape index (κ3) is 98.3. The minimum absolute atomic E-state index is 0. The summed E-state index contributed by atoms with van der Waals surface area (Å²) in [4.78, 5) is 0. The Bertz CT molecular complexity index is 12.9. The first-order valence-electron chi connectivity index (χ1n) is 0. The van der Waals surface area contributed by atoms with Gasteiger partial charge in [-0.3, -0.25) is 0 Å². The second-order valence-corrected chi connectivity index (χ2v) is 0. The van der Waals surface area contributed by atoms with Gasteiger partial charge in [-0.05, 0) is 0 Å². The molecule has 0 aromatic heterocycles. The second kappa shape index (κ2) is 121. The first-order chi connectivity index (χ1) is 0. The third-order valence-corrected chi connectivity index (χ3v) is 0. The summed E-state index contributed by atoms with van der Waals surface area (Å²) < 4.78 is 0. The Morgan fingerprint density at radius 1 is 0.333 bits per heavy atom. The Hall–Kier alpha value is 3.02. The molecule has 0 atom stereocenters. The van der Waals surface area contributed by atoms with Crippen LogP contribution in [0.25, 0.3) is 0 Å². The van der Waals surface area contributed by atoms with E-state index in [2.05, 4.69) is 0 Å². The molecule has 5 nitrogen and oxygen atoms in total. The van der Waals surface area contributed by atoms with Crippen molar-refractivity contribution in [3.05, 3.63) is 0 Å². The van der Waals surface area contributed by atoms with Gasteiger partial charge in [0.1, 0.15) is 0 Å². The van der Waals surface area contributed by atoms with Gasteiger partial charge in [0.25, 0.3) is 0 Å². The average Bonchev–Trinajstić information content (AvgIpc) is 0. The molecule has 2 radical (unpaired) electrons. The van der Waals surface area contributed by atoms with E-state index in [1.54, 1.807) is 0 Å². The van der Waals surface area contributed by atoms with Crippen molar-refractivity contribution in [2.45, 2.75) is 0 Å². The standard InChI is InChI=1S/5O.2Sc.2Ta/q5*-2;;;2*+5. The van der Waals surface area contributed by atoms with Crippen molar-refractivity contribution in [2.75, 3.05) is 0 Å². The van der Waals surface area contributed by atoms with E-state index in [1.165, 1.54) is 0 Å². The van der Waals surface area contributed by atoms with Gasteiger partial charge < -0.3 is 27.4 Å². The van der Waals surface area contributed by atoms with Crippen LogP contribution < -0.4 is 0 Å². The van der Waals surface area contributed by atoms with Crippen molar-refractivity contribution in [3.8, 4) is 0 Å². The van der Waals surface area contributed by atoms with Gasteiger partial charge in [0.2, 0.25) is 0 Å². The average molecular weight is 532 g/mol. The van der Waals surface area contributed by atoms with E-state index >= 15 is 0 Å². The van der Waals surface area contributed by atoms with Gasteiger partial charge in [0, 0.05) is 51.7 Å². The monoisotopic (exact) mass is 532 g/mol. The van der Waals surface area contributed by atoms with E-state index in [4.69, 9.17) is 0 Å². The Morgan fingerprint density at radius 2 is 0.333 bits per heavy atom. The van der Waals surface area contributed by atoms with Crippen molar-refractivity contribution in [1.29, 1.82) is 0 Å². The van der Waals surface area contributed by atoms with Crippen LogP contribution in [0.4, 0.5) is 0 Å². The van der Waals surface area contributed by atoms with Gasteiger partial charge in [-0.1, -0.05) is 0 Å². The maximum Gasteiger partial charge on any atom is 5.00 e. The van der Waals surface area contributed by atoms with Gasteiger partial charge in [-0.15, -0.1) is 0 Å². The van der Waals surface area contributed by atoms with Crippen molar-refractivity contribution in [1.82, 2.24) is 0 Å². The minimum atomic E-state index is 0. The van der Waals surface area contributed by atoms with Crippen molar-refractivity contribution in [2.24, 2.45) is 0 Å². The maximum absolute atomic E-state index is 0. The maximum atomic E-state index is 0. The summed E-state index contributed by atoms with van der Waals surface area (Å²) in [7, 11) is 0. The van der Waals surface area contributed by atoms with Gasteiger partial charge >= 0.3 is 44.8 Å². The molecule has 9 heavy (non-hydrogen) atoms. The van der Waals surface area contributed by atoms with Crippen LogP contribution >= 0.6 is 0 Å². The smallest absolute Gasteiger partial charge is 2.00 e. The zero-order valence-corrected chi connectivity index (χ0v) is 14.1. The zero-order valence-electron chi connectivity index (χ0n) is 4.09. The summed E-state index contributed by atoms with van der Waals surface area (Å²) in [5.74, 6) is 0. The minimum Gasteiger partial charge on any atom is -2.00 e. The van der Waals surface area contributed by atoms with Crippen LogP contribution in [0.15, 0.2) is 0 Å². The van der Waals surface area contributed by atoms with Gasteiger partial charge in [0.15, 0.2) is 0 Å². The van der Waals surface area contributed by atoms with Crippen molar-refractivity contribution in [3.63, 3.8) is 0 Å². The molecule has 0 fully saturated rings. The fourth-order valence-electron chi connectivity index (χ4n) is 0. The van der Waals surface area contributed by atoms with E-state index in [-0.39, 0.29) is 124 Å². The number of rotatable bonds is 0. The Balaban J connectivity index is 0. The predicted molar refractivity (Wildman–Crippen MR) is 3.43 cm³/mol. The number of hydrogen-bond donors (Lipinski definition) is 0. The van der Waals surface area contributed by atoms with Crippen LogP contribution in [-0.4, -0.2) is 0 Å². The van der Waals surface area contributed by atoms with Crippen LogP contribution in [0.1, 0.15) is 0 Å². The van der Waals surface area contributed by atoms with E-state index in [0.29, 0.717) is 0 Å². The molecule has 0 aliphatic rings. The molecular formula is O5Sc2Ta2. The van der Waals surface area contributed by atoms with E-state index in [0.717, 1.165) is 0 Å². The van der Waals surface area contributed by atoms with Gasteiger partial charge in [0.05, 0.1) is 0 Å². The zero-order chi connectivity index (χ0) is 0. The van der Waals surface area contributed by atoms with E-state index in [9.17, 15) is 0 Å². The molecule has 0 rings (SSSR count). The molecule has 0 heterocycles. The molecule has 0 N–H and O–H groups in total. The summed E-state index contributed by atoms with van der Waals surface area (Å²) in [6, 6.07) is 0. The first-order valence-corrected chi connectivity index (χ1v) is 0. The fourth-order valence-corrected chi connectivity index (χ4v) is 0. The second-order valence-electron chi connectivity index (χ2n) is 0. The molecule has 0 amide bonds. The van der Waals surface area contributed by atoms with Gasteiger partial charge in [-0.2, -0.15) is 0 Å². The predicted octanol–water partition coefficient (Wildman–Crippen LogP) is -0.604. The summed E-state index contributed by atoms with van der Waals surface area (Å²) in [5.41, 5.74) is 0. The quantitative estimate of drug-likeness (QED) is 0.393. The molecule has 0 unspecified atom stereocenters. The van der Waals surface area contributed by atoms with Crippen LogP contribution in [0, 0.1) is 0 Å². The Kier molecular flexibility index (Phi) is 2160. The Labute approximate surface area is 122 Å². The van der Waals surface area contributed by atoms with E-state index < -0.39 is 0 Å². The summed E-state index contributed by atoms with van der Waals surface area (Å²) in [5, 5.41) is 0. The molecule has 0 spiro atoms. The largest absolute Gasteiger partial charge is 5.00 e. The fraction of sp³-hybridized carbons (Fsp3) is 0. The van der Waals surface area contributed by atoms with Crippen molar-refractivity contribution >= 4 is 0 Å². The first kappa shape index (κ1) is 160. The summed E-state index contributed by atoms with van der Waals surface area (Å²) in [6.07, 6.45) is 0.